The number of carbonyl (C=O) groups is 1. The zero-order chi connectivity index (χ0) is 13.8. The fourth-order valence-corrected chi connectivity index (χ4v) is 1.67. The molecule has 0 aliphatic heterocycles. The van der Waals surface area contributed by atoms with Crippen LogP contribution in [0.5, 0.6) is 0 Å². The Morgan fingerprint density at radius 2 is 2.00 bits per heavy atom. The Kier molecular flexibility index (Phi) is 3.58. The standard InChI is InChI=1S/C15H11FN2O/c1-10-4-2-3-5-14(10)18-15(19)12-7-6-11(9-17)8-13(12)16/h2-8H,1H3,(H,18,19). The molecule has 1 N–H and O–H groups in total. The summed E-state index contributed by atoms with van der Waals surface area (Å²) < 4.78 is 13.7. The largest absolute Gasteiger partial charge is 0.322 e. The quantitative estimate of drug-likeness (QED) is 0.894. The normalized spacial score (nSPS) is 9.74. The van der Waals surface area contributed by atoms with Gasteiger partial charge >= 0.3 is 0 Å². The Morgan fingerprint density at radius 1 is 1.26 bits per heavy atom. The number of para-hydroxylation sites is 1. The van der Waals surface area contributed by atoms with Crippen molar-refractivity contribution in [1.29, 1.82) is 5.26 Å². The fraction of sp³-hybridized carbons (Fsp3) is 0.0667. The number of nitriles is 1. The molecule has 0 saturated carbocycles. The second-order valence-electron chi connectivity index (χ2n) is 4.08. The van der Waals surface area contributed by atoms with Crippen molar-refractivity contribution in [3.63, 3.8) is 0 Å². The van der Waals surface area contributed by atoms with Gasteiger partial charge in [0.1, 0.15) is 5.82 Å². The smallest absolute Gasteiger partial charge is 0.258 e. The van der Waals surface area contributed by atoms with E-state index in [4.69, 9.17) is 5.26 Å². The predicted molar refractivity (Wildman–Crippen MR) is 70.2 cm³/mol. The third-order valence-electron chi connectivity index (χ3n) is 2.74. The van der Waals surface area contributed by atoms with Crippen LogP contribution in [0.25, 0.3) is 0 Å². The summed E-state index contributed by atoms with van der Waals surface area (Å²) in [5.41, 5.74) is 1.63. The number of rotatable bonds is 2. The maximum Gasteiger partial charge on any atom is 0.258 e. The molecule has 1 amide bonds. The van der Waals surface area contributed by atoms with E-state index in [2.05, 4.69) is 5.32 Å². The van der Waals surface area contributed by atoms with Crippen LogP contribution in [0.3, 0.4) is 0 Å². The molecule has 0 heterocycles. The molecule has 19 heavy (non-hydrogen) atoms. The molecule has 2 aromatic carbocycles. The van der Waals surface area contributed by atoms with Crippen LogP contribution >= 0.6 is 0 Å². The zero-order valence-electron chi connectivity index (χ0n) is 10.3. The second kappa shape index (κ2) is 5.32. The van der Waals surface area contributed by atoms with E-state index in [0.717, 1.165) is 11.6 Å². The van der Waals surface area contributed by atoms with Gasteiger partial charge in [0.05, 0.1) is 17.2 Å². The van der Waals surface area contributed by atoms with Gasteiger partial charge in [-0.05, 0) is 36.8 Å². The van der Waals surface area contributed by atoms with Crippen molar-refractivity contribution in [1.82, 2.24) is 0 Å². The van der Waals surface area contributed by atoms with E-state index < -0.39 is 11.7 Å². The van der Waals surface area contributed by atoms with Gasteiger partial charge in [0.15, 0.2) is 0 Å². The molecule has 0 unspecified atom stereocenters. The number of hydrogen-bond donors (Lipinski definition) is 1. The predicted octanol–water partition coefficient (Wildman–Crippen LogP) is 3.26. The number of aryl methyl sites for hydroxylation is 1. The van der Waals surface area contributed by atoms with E-state index in [0.29, 0.717) is 5.69 Å². The number of nitrogens with one attached hydrogen (secondary N) is 1. The lowest BCUT2D eigenvalue weighted by molar-refractivity contribution is 0.102. The van der Waals surface area contributed by atoms with Gasteiger partial charge in [0.2, 0.25) is 0 Å². The molecule has 4 heteroatoms. The van der Waals surface area contributed by atoms with Crippen molar-refractivity contribution in [2.45, 2.75) is 6.92 Å². The van der Waals surface area contributed by atoms with Crippen molar-refractivity contribution in [2.75, 3.05) is 5.32 Å². The van der Waals surface area contributed by atoms with Gasteiger partial charge in [-0.25, -0.2) is 4.39 Å². The molecule has 0 spiro atoms. The Bertz CT molecular complexity index is 674. The summed E-state index contributed by atoms with van der Waals surface area (Å²) in [4.78, 5) is 12.0. The summed E-state index contributed by atoms with van der Waals surface area (Å²) in [6.07, 6.45) is 0. The van der Waals surface area contributed by atoms with Crippen LogP contribution in [0.4, 0.5) is 10.1 Å². The molecule has 0 aliphatic rings. The van der Waals surface area contributed by atoms with Gasteiger partial charge in [0.25, 0.3) is 5.91 Å². The molecule has 0 fully saturated rings. The summed E-state index contributed by atoms with van der Waals surface area (Å²) in [7, 11) is 0. The van der Waals surface area contributed by atoms with E-state index in [1.165, 1.54) is 12.1 Å². The first-order valence-electron chi connectivity index (χ1n) is 5.68. The lowest BCUT2D eigenvalue weighted by Crippen LogP contribution is -2.14. The van der Waals surface area contributed by atoms with Crippen molar-refractivity contribution in [2.24, 2.45) is 0 Å². The highest BCUT2D eigenvalue weighted by molar-refractivity contribution is 6.04. The minimum atomic E-state index is -0.704. The van der Waals surface area contributed by atoms with Gasteiger partial charge in [-0.15, -0.1) is 0 Å². The molecule has 0 saturated heterocycles. The highest BCUT2D eigenvalue weighted by atomic mass is 19.1. The maximum absolute atomic E-state index is 13.7. The molecule has 94 valence electrons. The molecule has 3 nitrogen and oxygen atoms in total. The van der Waals surface area contributed by atoms with E-state index >= 15 is 0 Å². The van der Waals surface area contributed by atoms with Crippen LogP contribution in [-0.4, -0.2) is 5.91 Å². The van der Waals surface area contributed by atoms with Gasteiger partial charge < -0.3 is 5.32 Å². The first-order chi connectivity index (χ1) is 9.11. The van der Waals surface area contributed by atoms with Crippen LogP contribution in [-0.2, 0) is 0 Å². The average Bonchev–Trinajstić information content (AvgIpc) is 2.41. The molecule has 0 radical (unpaired) electrons. The SMILES string of the molecule is Cc1ccccc1NC(=O)c1ccc(C#N)cc1F. The summed E-state index contributed by atoms with van der Waals surface area (Å²) in [5, 5.41) is 11.3. The maximum atomic E-state index is 13.7. The van der Waals surface area contributed by atoms with Crippen LogP contribution < -0.4 is 5.32 Å². The molecule has 2 aromatic rings. The van der Waals surface area contributed by atoms with E-state index in [-0.39, 0.29) is 11.1 Å². The third-order valence-corrected chi connectivity index (χ3v) is 2.74. The van der Waals surface area contributed by atoms with Crippen molar-refractivity contribution in [3.8, 4) is 6.07 Å². The summed E-state index contributed by atoms with van der Waals surface area (Å²) >= 11 is 0. The number of carbonyl (C=O) groups excluding carboxylic acids is 1. The van der Waals surface area contributed by atoms with Crippen molar-refractivity contribution in [3.05, 3.63) is 65.0 Å². The fourth-order valence-electron chi connectivity index (χ4n) is 1.67. The number of hydrogen-bond acceptors (Lipinski definition) is 2. The van der Waals surface area contributed by atoms with Gasteiger partial charge in [-0.1, -0.05) is 18.2 Å². The van der Waals surface area contributed by atoms with Crippen LogP contribution in [0.15, 0.2) is 42.5 Å². The van der Waals surface area contributed by atoms with Crippen LogP contribution in [0.1, 0.15) is 21.5 Å². The Morgan fingerprint density at radius 3 is 2.63 bits per heavy atom. The molecule has 0 aromatic heterocycles. The first kappa shape index (κ1) is 12.8. The Hall–Kier alpha value is -2.67. The monoisotopic (exact) mass is 254 g/mol. The molecule has 0 aliphatic carbocycles. The first-order valence-corrected chi connectivity index (χ1v) is 5.68. The molecular formula is C15H11FN2O. The molecular weight excluding hydrogens is 243 g/mol. The lowest BCUT2D eigenvalue weighted by atomic mass is 10.1. The number of anilines is 1. The highest BCUT2D eigenvalue weighted by Crippen LogP contribution is 2.16. The second-order valence-corrected chi connectivity index (χ2v) is 4.08. The number of nitrogens with zero attached hydrogens (tertiary/aromatic N) is 1. The molecule has 0 bridgehead atoms. The topological polar surface area (TPSA) is 52.9 Å². The van der Waals surface area contributed by atoms with Gasteiger partial charge in [-0.2, -0.15) is 5.26 Å². The Balaban J connectivity index is 2.26. The number of benzene rings is 2. The van der Waals surface area contributed by atoms with Gasteiger partial charge in [-0.3, -0.25) is 4.79 Å². The summed E-state index contributed by atoms with van der Waals surface area (Å²) in [6.45, 7) is 1.85. The number of halogens is 1. The minimum Gasteiger partial charge on any atom is -0.322 e. The van der Waals surface area contributed by atoms with Gasteiger partial charge in [0, 0.05) is 5.69 Å². The van der Waals surface area contributed by atoms with Crippen LogP contribution in [0.2, 0.25) is 0 Å². The summed E-state index contributed by atoms with van der Waals surface area (Å²) in [6, 6.07) is 12.8. The van der Waals surface area contributed by atoms with E-state index in [1.54, 1.807) is 12.1 Å². The van der Waals surface area contributed by atoms with Crippen LogP contribution in [0, 0.1) is 24.1 Å². The average molecular weight is 254 g/mol. The molecule has 2 rings (SSSR count). The lowest BCUT2D eigenvalue weighted by Gasteiger charge is -2.08. The van der Waals surface area contributed by atoms with E-state index in [1.807, 2.05) is 25.1 Å². The van der Waals surface area contributed by atoms with Crippen molar-refractivity contribution >= 4 is 11.6 Å². The minimum absolute atomic E-state index is 0.0812. The highest BCUT2D eigenvalue weighted by Gasteiger charge is 2.13. The Labute approximate surface area is 110 Å². The zero-order valence-corrected chi connectivity index (χ0v) is 10.3. The molecule has 0 atom stereocenters. The summed E-state index contributed by atoms with van der Waals surface area (Å²) in [5.74, 6) is -1.23. The number of amides is 1. The van der Waals surface area contributed by atoms with E-state index in [9.17, 15) is 9.18 Å². The third kappa shape index (κ3) is 2.78. The van der Waals surface area contributed by atoms with Crippen molar-refractivity contribution < 1.29 is 9.18 Å².